The average molecular weight is 273 g/mol. The van der Waals surface area contributed by atoms with Crippen molar-refractivity contribution < 1.29 is 9.52 Å². The van der Waals surface area contributed by atoms with Gasteiger partial charge in [-0.3, -0.25) is 4.79 Å². The molecule has 0 saturated heterocycles. The van der Waals surface area contributed by atoms with Crippen molar-refractivity contribution in [1.29, 1.82) is 0 Å². The molecule has 0 radical (unpaired) electrons. The van der Waals surface area contributed by atoms with E-state index < -0.39 is 11.2 Å². The number of aromatic hydroxyl groups is 1. The van der Waals surface area contributed by atoms with Crippen molar-refractivity contribution in [3.8, 4) is 17.1 Å². The van der Waals surface area contributed by atoms with Gasteiger partial charge in [-0.15, -0.1) is 0 Å². The van der Waals surface area contributed by atoms with E-state index >= 15 is 0 Å². The summed E-state index contributed by atoms with van der Waals surface area (Å²) in [6.45, 7) is 0. The zero-order valence-corrected chi connectivity index (χ0v) is 10.5. The van der Waals surface area contributed by atoms with Crippen LogP contribution < -0.4 is 5.43 Å². The molecule has 1 heterocycles. The van der Waals surface area contributed by atoms with Gasteiger partial charge in [-0.1, -0.05) is 48.0 Å². The first-order chi connectivity index (χ1) is 9.18. The first-order valence-electron chi connectivity index (χ1n) is 5.68. The fourth-order valence-corrected chi connectivity index (χ4v) is 2.17. The Hall–Kier alpha value is -2.26. The van der Waals surface area contributed by atoms with Crippen molar-refractivity contribution >= 4 is 22.6 Å². The summed E-state index contributed by atoms with van der Waals surface area (Å²) in [6, 6.07) is 13.8. The lowest BCUT2D eigenvalue weighted by molar-refractivity contribution is 0.449. The summed E-state index contributed by atoms with van der Waals surface area (Å²) in [5.41, 5.74) is 0.423. The minimum Gasteiger partial charge on any atom is -0.502 e. The Kier molecular flexibility index (Phi) is 2.76. The lowest BCUT2D eigenvalue weighted by atomic mass is 10.1. The lowest BCUT2D eigenvalue weighted by Gasteiger charge is -2.06. The second-order valence-corrected chi connectivity index (χ2v) is 4.50. The highest BCUT2D eigenvalue weighted by Crippen LogP contribution is 2.32. The Labute approximate surface area is 113 Å². The van der Waals surface area contributed by atoms with Crippen LogP contribution in [0.3, 0.4) is 0 Å². The molecule has 3 aromatic rings. The molecule has 3 nitrogen and oxygen atoms in total. The number of hydrogen-bond donors (Lipinski definition) is 1. The Morgan fingerprint density at radius 2 is 1.74 bits per heavy atom. The third-order valence-electron chi connectivity index (χ3n) is 2.88. The van der Waals surface area contributed by atoms with E-state index in [4.69, 9.17) is 16.0 Å². The van der Waals surface area contributed by atoms with Gasteiger partial charge in [0.1, 0.15) is 0 Å². The summed E-state index contributed by atoms with van der Waals surface area (Å²) in [5, 5.41) is 10.6. The van der Waals surface area contributed by atoms with Gasteiger partial charge in [-0.05, 0) is 12.1 Å². The Morgan fingerprint density at radius 1 is 1.00 bits per heavy atom. The van der Waals surface area contributed by atoms with Crippen LogP contribution in [0.15, 0.2) is 57.7 Å². The van der Waals surface area contributed by atoms with E-state index in [1.165, 1.54) is 0 Å². The van der Waals surface area contributed by atoms with E-state index in [0.717, 1.165) is 0 Å². The molecule has 2 aromatic carbocycles. The number of hydrogen-bond acceptors (Lipinski definition) is 3. The molecule has 0 spiro atoms. The smallest absolute Gasteiger partial charge is 0.235 e. The molecule has 0 unspecified atom stereocenters. The van der Waals surface area contributed by atoms with Gasteiger partial charge >= 0.3 is 0 Å². The fraction of sp³-hybridized carbons (Fsp3) is 0. The molecule has 0 saturated carbocycles. The molecule has 0 aliphatic carbocycles. The monoisotopic (exact) mass is 272 g/mol. The first kappa shape index (κ1) is 11.8. The van der Waals surface area contributed by atoms with E-state index in [1.807, 2.05) is 6.07 Å². The van der Waals surface area contributed by atoms with Crippen LogP contribution in [0.25, 0.3) is 22.3 Å². The van der Waals surface area contributed by atoms with Crippen molar-refractivity contribution in [2.75, 3.05) is 0 Å². The van der Waals surface area contributed by atoms with Crippen LogP contribution in [0.5, 0.6) is 5.75 Å². The topological polar surface area (TPSA) is 50.4 Å². The lowest BCUT2D eigenvalue weighted by Crippen LogP contribution is -2.02. The SMILES string of the molecule is O=c1c(O)c(-c2ccccc2)oc2c(Cl)cccc12. The molecule has 0 bridgehead atoms. The molecule has 0 atom stereocenters. The normalized spacial score (nSPS) is 10.8. The van der Waals surface area contributed by atoms with Gasteiger partial charge < -0.3 is 9.52 Å². The zero-order valence-electron chi connectivity index (χ0n) is 9.76. The van der Waals surface area contributed by atoms with Crippen molar-refractivity contribution in [2.24, 2.45) is 0 Å². The van der Waals surface area contributed by atoms with Gasteiger partial charge in [0.25, 0.3) is 0 Å². The number of halogens is 1. The highest BCUT2D eigenvalue weighted by molar-refractivity contribution is 6.34. The quantitative estimate of drug-likeness (QED) is 0.733. The van der Waals surface area contributed by atoms with Crippen molar-refractivity contribution in [3.63, 3.8) is 0 Å². The maximum atomic E-state index is 12.1. The van der Waals surface area contributed by atoms with Crippen LogP contribution in [0.1, 0.15) is 0 Å². The van der Waals surface area contributed by atoms with E-state index in [2.05, 4.69) is 0 Å². The minimum absolute atomic E-state index is 0.131. The van der Waals surface area contributed by atoms with Crippen LogP contribution in [-0.2, 0) is 0 Å². The van der Waals surface area contributed by atoms with Gasteiger partial charge in [0.05, 0.1) is 10.4 Å². The van der Waals surface area contributed by atoms with Crippen molar-refractivity contribution in [3.05, 3.63) is 63.8 Å². The molecule has 4 heteroatoms. The molecular weight excluding hydrogens is 264 g/mol. The molecule has 94 valence electrons. The number of fused-ring (bicyclic) bond motifs is 1. The molecule has 1 N–H and O–H groups in total. The summed E-state index contributed by atoms with van der Waals surface area (Å²) in [5.74, 6) is -0.271. The van der Waals surface area contributed by atoms with Gasteiger partial charge in [0, 0.05) is 5.56 Å². The van der Waals surface area contributed by atoms with E-state index in [-0.39, 0.29) is 16.7 Å². The van der Waals surface area contributed by atoms with Gasteiger partial charge in [0.15, 0.2) is 11.3 Å². The van der Waals surface area contributed by atoms with Crippen molar-refractivity contribution in [1.82, 2.24) is 0 Å². The summed E-state index contributed by atoms with van der Waals surface area (Å²) in [6.07, 6.45) is 0. The summed E-state index contributed by atoms with van der Waals surface area (Å²) in [7, 11) is 0. The second kappa shape index (κ2) is 4.44. The molecule has 0 amide bonds. The zero-order chi connectivity index (χ0) is 13.4. The molecule has 1 aromatic heterocycles. The van der Waals surface area contributed by atoms with E-state index in [1.54, 1.807) is 42.5 Å². The number of benzene rings is 2. The standard InChI is InChI=1S/C15H9ClO3/c16-11-8-4-7-10-12(17)13(18)14(19-15(10)11)9-5-2-1-3-6-9/h1-8,18H. The molecule has 0 aliphatic heterocycles. The molecule has 0 aliphatic rings. The van der Waals surface area contributed by atoms with Crippen LogP contribution in [-0.4, -0.2) is 5.11 Å². The van der Waals surface area contributed by atoms with Crippen molar-refractivity contribution in [2.45, 2.75) is 0 Å². The molecule has 0 fully saturated rings. The van der Waals surface area contributed by atoms with E-state index in [9.17, 15) is 9.90 Å². The predicted octanol–water partition coefficient (Wildman–Crippen LogP) is 3.82. The number of rotatable bonds is 1. The van der Waals surface area contributed by atoms with Crippen LogP contribution in [0.2, 0.25) is 5.02 Å². The second-order valence-electron chi connectivity index (χ2n) is 4.09. The Morgan fingerprint density at radius 3 is 2.47 bits per heavy atom. The summed E-state index contributed by atoms with van der Waals surface area (Å²) >= 11 is 6.03. The fourth-order valence-electron chi connectivity index (χ4n) is 1.96. The maximum absolute atomic E-state index is 12.1. The number of para-hydroxylation sites is 1. The highest BCUT2D eigenvalue weighted by atomic mass is 35.5. The van der Waals surface area contributed by atoms with Gasteiger partial charge in [-0.2, -0.15) is 0 Å². The van der Waals surface area contributed by atoms with Crippen LogP contribution >= 0.6 is 11.6 Å². The third-order valence-corrected chi connectivity index (χ3v) is 3.18. The Balaban J connectivity index is 2.42. The first-order valence-corrected chi connectivity index (χ1v) is 6.06. The van der Waals surface area contributed by atoms with Crippen LogP contribution in [0.4, 0.5) is 0 Å². The molecule has 3 rings (SSSR count). The average Bonchev–Trinajstić information content (AvgIpc) is 2.44. The maximum Gasteiger partial charge on any atom is 0.235 e. The molecule has 19 heavy (non-hydrogen) atoms. The minimum atomic E-state index is -0.484. The van der Waals surface area contributed by atoms with E-state index in [0.29, 0.717) is 10.6 Å². The third kappa shape index (κ3) is 1.88. The predicted molar refractivity (Wildman–Crippen MR) is 74.6 cm³/mol. The summed E-state index contributed by atoms with van der Waals surface area (Å²) < 4.78 is 5.61. The highest BCUT2D eigenvalue weighted by Gasteiger charge is 2.16. The largest absolute Gasteiger partial charge is 0.502 e. The van der Waals surface area contributed by atoms with Gasteiger partial charge in [-0.25, -0.2) is 0 Å². The van der Waals surface area contributed by atoms with Crippen LogP contribution in [0, 0.1) is 0 Å². The Bertz CT molecular complexity index is 807. The van der Waals surface area contributed by atoms with Gasteiger partial charge in [0.2, 0.25) is 11.2 Å². The molecular formula is C15H9ClO3. The summed E-state index contributed by atoms with van der Waals surface area (Å²) in [4.78, 5) is 12.1.